The molecule has 21 heavy (non-hydrogen) atoms. The first-order valence-corrected chi connectivity index (χ1v) is 7.66. The third-order valence-electron chi connectivity index (χ3n) is 3.54. The molecule has 1 heterocycles. The van der Waals surface area contributed by atoms with Crippen molar-refractivity contribution in [2.24, 2.45) is 0 Å². The summed E-state index contributed by atoms with van der Waals surface area (Å²) in [5.41, 5.74) is 0.513. The van der Waals surface area contributed by atoms with E-state index in [0.29, 0.717) is 13.2 Å². The first-order valence-electron chi connectivity index (χ1n) is 7.66. The molecule has 0 aliphatic carbocycles. The van der Waals surface area contributed by atoms with Crippen LogP contribution in [-0.2, 0) is 16.1 Å². The number of rotatable bonds is 5. The van der Waals surface area contributed by atoms with Crippen molar-refractivity contribution in [2.75, 3.05) is 19.7 Å². The summed E-state index contributed by atoms with van der Waals surface area (Å²) in [5, 5.41) is 0. The summed E-state index contributed by atoms with van der Waals surface area (Å²) in [6, 6.07) is 9.99. The third-order valence-corrected chi connectivity index (χ3v) is 3.54. The molecule has 0 unspecified atom stereocenters. The minimum atomic E-state index is -0.608. The summed E-state index contributed by atoms with van der Waals surface area (Å²) in [6.45, 7) is 6.31. The normalized spacial score (nSPS) is 15.8. The van der Waals surface area contributed by atoms with Gasteiger partial charge in [0, 0.05) is 13.1 Å². The van der Waals surface area contributed by atoms with E-state index in [1.807, 2.05) is 44.2 Å². The van der Waals surface area contributed by atoms with E-state index in [1.54, 1.807) is 4.90 Å². The Kier molecular flexibility index (Phi) is 5.62. The van der Waals surface area contributed by atoms with Gasteiger partial charge in [0.2, 0.25) is 0 Å². The zero-order valence-corrected chi connectivity index (χ0v) is 13.0. The molecular weight excluding hydrogens is 266 g/mol. The lowest BCUT2D eigenvalue weighted by atomic mass is 10.1. The van der Waals surface area contributed by atoms with Crippen molar-refractivity contribution < 1.29 is 14.3 Å². The van der Waals surface area contributed by atoms with Crippen LogP contribution in [0.2, 0.25) is 0 Å². The monoisotopic (exact) mass is 291 g/mol. The molecule has 0 saturated carbocycles. The van der Waals surface area contributed by atoms with Crippen LogP contribution in [0.25, 0.3) is 0 Å². The fraction of sp³-hybridized carbons (Fsp3) is 0.588. The summed E-state index contributed by atoms with van der Waals surface area (Å²) >= 11 is 0. The SMILES string of the molecule is CC(C)(COCc1ccccc1)OC(=O)N1CCCCC1. The molecule has 4 nitrogen and oxygen atoms in total. The molecule has 1 aromatic rings. The number of hydrogen-bond donors (Lipinski definition) is 0. The average molecular weight is 291 g/mol. The first-order chi connectivity index (χ1) is 10.1. The molecular formula is C17H25NO3. The number of carbonyl (C=O) groups excluding carboxylic acids is 1. The lowest BCUT2D eigenvalue weighted by molar-refractivity contribution is -0.0505. The lowest BCUT2D eigenvalue weighted by Gasteiger charge is -2.31. The standard InChI is InChI=1S/C17H25NO3/c1-17(2,14-20-13-15-9-5-3-6-10-15)21-16(19)18-11-7-4-8-12-18/h3,5-6,9-10H,4,7-8,11-14H2,1-2H3. The fourth-order valence-electron chi connectivity index (χ4n) is 2.40. The molecule has 0 atom stereocenters. The summed E-state index contributed by atoms with van der Waals surface area (Å²) in [4.78, 5) is 13.9. The van der Waals surface area contributed by atoms with Gasteiger partial charge in [0.15, 0.2) is 0 Å². The van der Waals surface area contributed by atoms with Gasteiger partial charge in [0.1, 0.15) is 5.60 Å². The predicted octanol–water partition coefficient (Wildman–Crippen LogP) is 3.60. The van der Waals surface area contributed by atoms with E-state index in [-0.39, 0.29) is 6.09 Å². The maximum Gasteiger partial charge on any atom is 0.410 e. The van der Waals surface area contributed by atoms with Gasteiger partial charge < -0.3 is 14.4 Å². The Morgan fingerprint density at radius 3 is 2.48 bits per heavy atom. The Morgan fingerprint density at radius 1 is 1.14 bits per heavy atom. The highest BCUT2D eigenvalue weighted by Gasteiger charge is 2.27. The van der Waals surface area contributed by atoms with E-state index < -0.39 is 5.60 Å². The predicted molar refractivity (Wildman–Crippen MR) is 82.1 cm³/mol. The number of likely N-dealkylation sites (tertiary alicyclic amines) is 1. The van der Waals surface area contributed by atoms with Crippen LogP contribution in [0, 0.1) is 0 Å². The molecule has 1 amide bonds. The van der Waals surface area contributed by atoms with E-state index in [4.69, 9.17) is 9.47 Å². The van der Waals surface area contributed by atoms with Gasteiger partial charge in [-0.3, -0.25) is 0 Å². The van der Waals surface area contributed by atoms with Crippen molar-refractivity contribution in [2.45, 2.75) is 45.3 Å². The molecule has 2 rings (SSSR count). The molecule has 0 aromatic heterocycles. The van der Waals surface area contributed by atoms with Gasteiger partial charge in [-0.15, -0.1) is 0 Å². The zero-order chi connectivity index (χ0) is 15.1. The molecule has 1 aromatic carbocycles. The van der Waals surface area contributed by atoms with Crippen LogP contribution in [0.15, 0.2) is 30.3 Å². The summed E-state index contributed by atoms with van der Waals surface area (Å²) < 4.78 is 11.3. The molecule has 1 saturated heterocycles. The van der Waals surface area contributed by atoms with Gasteiger partial charge in [0.25, 0.3) is 0 Å². The number of piperidine rings is 1. The van der Waals surface area contributed by atoms with Crippen LogP contribution in [0.5, 0.6) is 0 Å². The zero-order valence-electron chi connectivity index (χ0n) is 13.0. The van der Waals surface area contributed by atoms with E-state index >= 15 is 0 Å². The quantitative estimate of drug-likeness (QED) is 0.832. The summed E-state index contributed by atoms with van der Waals surface area (Å²) in [6.07, 6.45) is 3.12. The number of nitrogens with zero attached hydrogens (tertiary/aromatic N) is 1. The third kappa shape index (κ3) is 5.38. The van der Waals surface area contributed by atoms with Gasteiger partial charge in [-0.25, -0.2) is 4.79 Å². The number of ether oxygens (including phenoxy) is 2. The van der Waals surface area contributed by atoms with Gasteiger partial charge in [-0.1, -0.05) is 30.3 Å². The Bertz CT molecular complexity index is 439. The number of carbonyl (C=O) groups is 1. The largest absolute Gasteiger partial charge is 0.441 e. The number of benzene rings is 1. The maximum atomic E-state index is 12.1. The number of amides is 1. The van der Waals surface area contributed by atoms with Crippen LogP contribution in [0.3, 0.4) is 0 Å². The van der Waals surface area contributed by atoms with Gasteiger partial charge in [0.05, 0.1) is 13.2 Å². The molecule has 1 aliphatic rings. The van der Waals surface area contributed by atoms with Crippen molar-refractivity contribution in [3.63, 3.8) is 0 Å². The van der Waals surface area contributed by atoms with Crippen molar-refractivity contribution in [1.82, 2.24) is 4.90 Å². The van der Waals surface area contributed by atoms with E-state index in [9.17, 15) is 4.79 Å². The molecule has 1 fully saturated rings. The topological polar surface area (TPSA) is 38.8 Å². The number of hydrogen-bond acceptors (Lipinski definition) is 3. The van der Waals surface area contributed by atoms with Gasteiger partial charge in [-0.05, 0) is 38.7 Å². The highest BCUT2D eigenvalue weighted by Crippen LogP contribution is 2.16. The van der Waals surface area contributed by atoms with Crippen molar-refractivity contribution >= 4 is 6.09 Å². The molecule has 116 valence electrons. The van der Waals surface area contributed by atoms with Crippen LogP contribution in [0.4, 0.5) is 4.79 Å². The summed E-state index contributed by atoms with van der Waals surface area (Å²) in [5.74, 6) is 0. The summed E-state index contributed by atoms with van der Waals surface area (Å²) in [7, 11) is 0. The van der Waals surface area contributed by atoms with Gasteiger partial charge >= 0.3 is 6.09 Å². The van der Waals surface area contributed by atoms with E-state index in [0.717, 1.165) is 31.5 Å². The van der Waals surface area contributed by atoms with Crippen LogP contribution in [0.1, 0.15) is 38.7 Å². The highest BCUT2D eigenvalue weighted by molar-refractivity contribution is 5.68. The minimum Gasteiger partial charge on any atom is -0.441 e. The lowest BCUT2D eigenvalue weighted by Crippen LogP contribution is -2.42. The highest BCUT2D eigenvalue weighted by atomic mass is 16.6. The smallest absolute Gasteiger partial charge is 0.410 e. The molecule has 0 bridgehead atoms. The van der Waals surface area contributed by atoms with E-state index in [2.05, 4.69) is 0 Å². The maximum absolute atomic E-state index is 12.1. The average Bonchev–Trinajstić information content (AvgIpc) is 2.48. The second-order valence-corrected chi connectivity index (χ2v) is 6.15. The Morgan fingerprint density at radius 2 is 1.81 bits per heavy atom. The van der Waals surface area contributed by atoms with Crippen molar-refractivity contribution in [3.8, 4) is 0 Å². The second-order valence-electron chi connectivity index (χ2n) is 6.15. The Labute approximate surface area is 127 Å². The van der Waals surface area contributed by atoms with E-state index in [1.165, 1.54) is 6.42 Å². The van der Waals surface area contributed by atoms with Crippen molar-refractivity contribution in [3.05, 3.63) is 35.9 Å². The van der Waals surface area contributed by atoms with Crippen molar-refractivity contribution in [1.29, 1.82) is 0 Å². The minimum absolute atomic E-state index is 0.219. The molecule has 0 radical (unpaired) electrons. The van der Waals surface area contributed by atoms with Gasteiger partial charge in [-0.2, -0.15) is 0 Å². The van der Waals surface area contributed by atoms with Crippen LogP contribution in [-0.4, -0.2) is 36.3 Å². The second kappa shape index (κ2) is 7.46. The fourth-order valence-corrected chi connectivity index (χ4v) is 2.40. The molecule has 0 spiro atoms. The first kappa shape index (κ1) is 15.8. The van der Waals surface area contributed by atoms with Crippen LogP contribution >= 0.6 is 0 Å². The molecule has 4 heteroatoms. The molecule has 1 aliphatic heterocycles. The Balaban J connectivity index is 1.74. The van der Waals surface area contributed by atoms with Crippen LogP contribution < -0.4 is 0 Å². The Hall–Kier alpha value is -1.55. The molecule has 0 N–H and O–H groups in total.